The lowest BCUT2D eigenvalue weighted by atomic mass is 10.2. The predicted octanol–water partition coefficient (Wildman–Crippen LogP) is 3.78. The van der Waals surface area contributed by atoms with Crippen LogP contribution < -0.4 is 5.56 Å². The number of aryl methyl sites for hydroxylation is 1. The Bertz CT molecular complexity index is 1280. The number of fused-ring (bicyclic) bond motifs is 3. The van der Waals surface area contributed by atoms with E-state index in [1.807, 2.05) is 31.4 Å². The van der Waals surface area contributed by atoms with Gasteiger partial charge in [-0.25, -0.2) is 9.07 Å². The molecule has 0 saturated carbocycles. The summed E-state index contributed by atoms with van der Waals surface area (Å²) in [5.74, 6) is -0.433. The van der Waals surface area contributed by atoms with E-state index >= 15 is 0 Å². The first-order valence-electron chi connectivity index (χ1n) is 9.93. The third-order valence-electron chi connectivity index (χ3n) is 5.31. The van der Waals surface area contributed by atoms with E-state index < -0.39 is 0 Å². The van der Waals surface area contributed by atoms with Gasteiger partial charge < -0.3 is 9.47 Å². The van der Waals surface area contributed by atoms with Gasteiger partial charge in [0, 0.05) is 29.9 Å². The van der Waals surface area contributed by atoms with Gasteiger partial charge in [0.1, 0.15) is 17.9 Å². The number of aromatic nitrogens is 3. The maximum atomic E-state index is 13.3. The molecule has 156 valence electrons. The van der Waals surface area contributed by atoms with Crippen molar-refractivity contribution in [1.82, 2.24) is 19.2 Å². The molecule has 1 amide bonds. The molecule has 0 aliphatic heterocycles. The lowest BCUT2D eigenvalue weighted by molar-refractivity contribution is -0.131. The molecule has 3 heterocycles. The monoisotopic (exact) mass is 426 g/mol. The van der Waals surface area contributed by atoms with Crippen LogP contribution in [0.4, 0.5) is 4.39 Å². The summed E-state index contributed by atoms with van der Waals surface area (Å²) in [4.78, 5) is 28.7. The zero-order valence-corrected chi connectivity index (χ0v) is 18.0. The highest BCUT2D eigenvalue weighted by atomic mass is 32.1. The van der Waals surface area contributed by atoms with E-state index in [0.717, 1.165) is 26.0 Å². The van der Waals surface area contributed by atoms with Crippen LogP contribution in [0.2, 0.25) is 0 Å². The molecule has 3 aromatic heterocycles. The second-order valence-corrected chi connectivity index (χ2v) is 8.48. The third kappa shape index (κ3) is 3.52. The number of carbonyl (C=O) groups excluding carboxylic acids is 1. The Morgan fingerprint density at radius 3 is 2.57 bits per heavy atom. The number of benzene rings is 1. The normalized spacial score (nSPS) is 11.5. The maximum Gasteiger partial charge on any atom is 0.291 e. The molecule has 0 aliphatic carbocycles. The van der Waals surface area contributed by atoms with Crippen molar-refractivity contribution in [3.8, 4) is 0 Å². The van der Waals surface area contributed by atoms with Gasteiger partial charge in [-0.15, -0.1) is 11.3 Å². The van der Waals surface area contributed by atoms with Crippen molar-refractivity contribution >= 4 is 38.4 Å². The van der Waals surface area contributed by atoms with Gasteiger partial charge >= 0.3 is 0 Å². The second kappa shape index (κ2) is 8.02. The van der Waals surface area contributed by atoms with Crippen LogP contribution in [0.15, 0.2) is 41.3 Å². The van der Waals surface area contributed by atoms with E-state index in [1.165, 1.54) is 16.8 Å². The number of carbonyl (C=O) groups is 1. The average Bonchev–Trinajstić information content (AvgIpc) is 3.23. The minimum atomic E-state index is -0.297. The predicted molar refractivity (Wildman–Crippen MR) is 118 cm³/mol. The highest BCUT2D eigenvalue weighted by Gasteiger charge is 2.20. The van der Waals surface area contributed by atoms with Crippen LogP contribution >= 0.6 is 11.3 Å². The molecule has 30 heavy (non-hydrogen) atoms. The van der Waals surface area contributed by atoms with E-state index in [4.69, 9.17) is 0 Å². The first-order valence-corrected chi connectivity index (χ1v) is 10.7. The molecular weight excluding hydrogens is 403 g/mol. The van der Waals surface area contributed by atoms with E-state index in [9.17, 15) is 14.0 Å². The van der Waals surface area contributed by atoms with Crippen LogP contribution in [0.25, 0.3) is 21.1 Å². The fourth-order valence-electron chi connectivity index (χ4n) is 3.77. The van der Waals surface area contributed by atoms with Gasteiger partial charge in [-0.2, -0.15) is 5.10 Å². The van der Waals surface area contributed by atoms with Crippen molar-refractivity contribution in [3.63, 3.8) is 0 Å². The highest BCUT2D eigenvalue weighted by Crippen LogP contribution is 2.34. The van der Waals surface area contributed by atoms with Crippen molar-refractivity contribution in [2.45, 2.75) is 33.9 Å². The highest BCUT2D eigenvalue weighted by molar-refractivity contribution is 7.20. The minimum absolute atomic E-state index is 0.0924. The fraction of sp³-hybridized carbons (Fsp3) is 0.318. The lowest BCUT2D eigenvalue weighted by Gasteiger charge is -2.18. The molecule has 0 N–H and O–H groups in total. The fourth-order valence-corrected chi connectivity index (χ4v) is 4.80. The summed E-state index contributed by atoms with van der Waals surface area (Å²) in [5.41, 5.74) is 2.06. The summed E-state index contributed by atoms with van der Waals surface area (Å²) in [6, 6.07) is 8.32. The SMILES string of the molecule is CCN(CC)C(=O)Cn1ncc2c3sc(C)cc3n(Cc3ccc(F)cc3)c2c1=O. The Labute approximate surface area is 177 Å². The molecule has 4 rings (SSSR count). The quantitative estimate of drug-likeness (QED) is 0.472. The lowest BCUT2D eigenvalue weighted by Crippen LogP contribution is -2.37. The van der Waals surface area contributed by atoms with Crippen molar-refractivity contribution in [2.75, 3.05) is 13.1 Å². The van der Waals surface area contributed by atoms with Gasteiger partial charge in [0.25, 0.3) is 5.56 Å². The van der Waals surface area contributed by atoms with Crippen LogP contribution in [0, 0.1) is 12.7 Å². The van der Waals surface area contributed by atoms with Gasteiger partial charge in [0.05, 0.1) is 16.4 Å². The standard InChI is InChI=1S/C22H23FN4O2S/c1-4-25(5-2)19(28)13-27-22(29)20-17(11-24-27)21-18(10-14(3)30-21)26(20)12-15-6-8-16(23)9-7-15/h6-11H,4-5,12-13H2,1-3H3. The van der Waals surface area contributed by atoms with Crippen LogP contribution in [-0.2, 0) is 17.9 Å². The van der Waals surface area contributed by atoms with Crippen molar-refractivity contribution in [3.05, 3.63) is 63.1 Å². The summed E-state index contributed by atoms with van der Waals surface area (Å²) in [5, 5.41) is 5.07. The number of hydrogen-bond acceptors (Lipinski definition) is 4. The van der Waals surface area contributed by atoms with E-state index in [1.54, 1.807) is 34.6 Å². The average molecular weight is 427 g/mol. The van der Waals surface area contributed by atoms with Crippen LogP contribution in [-0.4, -0.2) is 38.2 Å². The van der Waals surface area contributed by atoms with Crippen molar-refractivity contribution in [2.24, 2.45) is 0 Å². The Morgan fingerprint density at radius 1 is 1.20 bits per heavy atom. The topological polar surface area (TPSA) is 60.1 Å². The molecule has 0 bridgehead atoms. The van der Waals surface area contributed by atoms with Gasteiger partial charge in [-0.1, -0.05) is 12.1 Å². The summed E-state index contributed by atoms with van der Waals surface area (Å²) in [6.07, 6.45) is 1.67. The zero-order valence-electron chi connectivity index (χ0n) is 17.2. The molecule has 0 aliphatic rings. The molecule has 0 spiro atoms. The van der Waals surface area contributed by atoms with Crippen LogP contribution in [0.5, 0.6) is 0 Å². The number of thiophene rings is 1. The van der Waals surface area contributed by atoms with Crippen LogP contribution in [0.1, 0.15) is 24.3 Å². The molecule has 0 unspecified atom stereocenters. The largest absolute Gasteiger partial charge is 0.342 e. The molecule has 8 heteroatoms. The van der Waals surface area contributed by atoms with Gasteiger partial charge in [-0.05, 0) is 44.5 Å². The summed E-state index contributed by atoms with van der Waals surface area (Å²) in [7, 11) is 0. The Balaban J connectivity index is 1.86. The minimum Gasteiger partial charge on any atom is -0.342 e. The summed E-state index contributed by atoms with van der Waals surface area (Å²) < 4.78 is 17.5. The molecule has 1 aromatic carbocycles. The Hall–Kier alpha value is -3.00. The smallest absolute Gasteiger partial charge is 0.291 e. The molecule has 0 saturated heterocycles. The van der Waals surface area contributed by atoms with Gasteiger partial charge in [-0.3, -0.25) is 9.59 Å². The maximum absolute atomic E-state index is 13.3. The molecular formula is C22H23FN4O2S. The van der Waals surface area contributed by atoms with E-state index in [2.05, 4.69) is 5.10 Å². The molecule has 4 aromatic rings. The number of rotatable bonds is 6. The summed E-state index contributed by atoms with van der Waals surface area (Å²) in [6.45, 7) is 7.35. The number of likely N-dealkylation sites (N-methyl/N-ethyl adjacent to an activating group) is 1. The van der Waals surface area contributed by atoms with Crippen molar-refractivity contribution in [1.29, 1.82) is 0 Å². The number of hydrogen-bond donors (Lipinski definition) is 0. The third-order valence-corrected chi connectivity index (χ3v) is 6.39. The molecule has 0 fully saturated rings. The Morgan fingerprint density at radius 2 is 1.90 bits per heavy atom. The van der Waals surface area contributed by atoms with Gasteiger partial charge in [0.2, 0.25) is 5.91 Å². The van der Waals surface area contributed by atoms with Crippen LogP contribution in [0.3, 0.4) is 0 Å². The van der Waals surface area contributed by atoms with Gasteiger partial charge in [0.15, 0.2) is 0 Å². The van der Waals surface area contributed by atoms with Crippen molar-refractivity contribution < 1.29 is 9.18 Å². The number of halogens is 1. The first-order chi connectivity index (χ1) is 14.4. The van der Waals surface area contributed by atoms with E-state index in [0.29, 0.717) is 25.2 Å². The first kappa shape index (κ1) is 20.3. The molecule has 0 atom stereocenters. The molecule has 0 radical (unpaired) electrons. The molecule has 6 nitrogen and oxygen atoms in total. The zero-order chi connectivity index (χ0) is 21.4. The second-order valence-electron chi connectivity index (χ2n) is 7.22. The van der Waals surface area contributed by atoms with E-state index in [-0.39, 0.29) is 23.8 Å². The number of nitrogens with zero attached hydrogens (tertiary/aromatic N) is 4. The Kier molecular flexibility index (Phi) is 5.42. The number of amides is 1. The summed E-state index contributed by atoms with van der Waals surface area (Å²) >= 11 is 1.61.